The summed E-state index contributed by atoms with van der Waals surface area (Å²) in [4.78, 5) is 31.6. The molecule has 38 heavy (non-hydrogen) atoms. The maximum Gasteiger partial charge on any atom is 0.360 e. The predicted octanol–water partition coefficient (Wildman–Crippen LogP) is 3.35. The van der Waals surface area contributed by atoms with Crippen molar-refractivity contribution in [3.05, 3.63) is 47.9 Å². The van der Waals surface area contributed by atoms with E-state index in [0.29, 0.717) is 30.8 Å². The van der Waals surface area contributed by atoms with Crippen LogP contribution in [0.2, 0.25) is 0 Å². The first-order chi connectivity index (χ1) is 18.6. The molecule has 1 amide bonds. The quantitative estimate of drug-likeness (QED) is 0.467. The number of aromatic amines is 1. The Labute approximate surface area is 222 Å². The van der Waals surface area contributed by atoms with Crippen molar-refractivity contribution < 1.29 is 14.3 Å². The van der Waals surface area contributed by atoms with Crippen molar-refractivity contribution in [1.29, 1.82) is 0 Å². The van der Waals surface area contributed by atoms with E-state index in [9.17, 15) is 9.59 Å². The lowest BCUT2D eigenvalue weighted by Crippen LogP contribution is -2.59. The number of nitrogens with one attached hydrogen (secondary N) is 2. The first-order valence-corrected chi connectivity index (χ1v) is 14.2. The fourth-order valence-corrected chi connectivity index (χ4v) is 8.48. The number of hydrogen-bond acceptors (Lipinski definition) is 6. The van der Waals surface area contributed by atoms with Crippen LogP contribution in [0.15, 0.2) is 36.7 Å². The van der Waals surface area contributed by atoms with Crippen LogP contribution >= 0.6 is 0 Å². The summed E-state index contributed by atoms with van der Waals surface area (Å²) in [6, 6.07) is 8.55. The summed E-state index contributed by atoms with van der Waals surface area (Å²) in [5.74, 6) is 2.76. The second-order valence-electron chi connectivity index (χ2n) is 12.0. The fraction of sp³-hybridized carbons (Fsp3) is 0.586. The minimum atomic E-state index is -0.487. The fourth-order valence-electron chi connectivity index (χ4n) is 8.48. The average molecular weight is 517 g/mol. The Morgan fingerprint density at radius 1 is 1.08 bits per heavy atom. The monoisotopic (exact) mass is 516 g/mol. The van der Waals surface area contributed by atoms with Gasteiger partial charge in [0.05, 0.1) is 25.4 Å². The summed E-state index contributed by atoms with van der Waals surface area (Å²) in [6.07, 6.45) is 11.8. The molecule has 0 unspecified atom stereocenters. The Morgan fingerprint density at radius 2 is 1.84 bits per heavy atom. The Kier molecular flexibility index (Phi) is 5.98. The molecule has 2 atom stereocenters. The molecule has 4 aliphatic carbocycles. The zero-order valence-electron chi connectivity index (χ0n) is 21.9. The van der Waals surface area contributed by atoms with E-state index >= 15 is 0 Å². The summed E-state index contributed by atoms with van der Waals surface area (Å²) in [6.45, 7) is 1.37. The van der Waals surface area contributed by atoms with Crippen LogP contribution in [0.1, 0.15) is 60.6 Å². The molecule has 3 aromatic rings. The second-order valence-corrected chi connectivity index (χ2v) is 12.0. The number of likely N-dealkylation sites (tertiary alicyclic amines) is 1. The number of fused-ring (bicyclic) bond motifs is 1. The molecule has 0 radical (unpaired) electrons. The number of benzene rings is 1. The number of aromatic nitrogens is 4. The molecule has 3 heterocycles. The van der Waals surface area contributed by atoms with Gasteiger partial charge in [0.1, 0.15) is 0 Å². The zero-order valence-corrected chi connectivity index (χ0v) is 21.9. The normalized spacial score (nSPS) is 32.2. The molecule has 8 rings (SSSR count). The number of amides is 1. The number of carbonyl (C=O) groups excluding carboxylic acids is 2. The van der Waals surface area contributed by atoms with Gasteiger partial charge in [-0.3, -0.25) is 9.69 Å². The van der Waals surface area contributed by atoms with Crippen molar-refractivity contribution in [2.75, 3.05) is 20.2 Å². The minimum Gasteiger partial charge on any atom is -0.464 e. The van der Waals surface area contributed by atoms with Crippen LogP contribution in [0.25, 0.3) is 10.9 Å². The largest absolute Gasteiger partial charge is 0.464 e. The topological polar surface area (TPSA) is 105 Å². The van der Waals surface area contributed by atoms with Crippen LogP contribution in [0.5, 0.6) is 0 Å². The Bertz CT molecular complexity index is 1320. The maximum atomic E-state index is 13.7. The van der Waals surface area contributed by atoms with Crippen molar-refractivity contribution >= 4 is 22.8 Å². The van der Waals surface area contributed by atoms with Crippen molar-refractivity contribution in [3.8, 4) is 0 Å². The molecule has 200 valence electrons. The Morgan fingerprint density at radius 3 is 2.61 bits per heavy atom. The number of ether oxygens (including phenoxy) is 1. The average Bonchev–Trinajstić information content (AvgIpc) is 3.66. The van der Waals surface area contributed by atoms with Crippen LogP contribution in [0.4, 0.5) is 0 Å². The highest BCUT2D eigenvalue weighted by atomic mass is 16.5. The molecule has 5 aliphatic rings. The van der Waals surface area contributed by atoms with Gasteiger partial charge in [0.2, 0.25) is 5.91 Å². The van der Waals surface area contributed by atoms with E-state index in [0.717, 1.165) is 30.3 Å². The highest BCUT2D eigenvalue weighted by Crippen LogP contribution is 2.56. The van der Waals surface area contributed by atoms with Gasteiger partial charge in [-0.05, 0) is 80.2 Å². The van der Waals surface area contributed by atoms with E-state index in [2.05, 4.69) is 43.7 Å². The van der Waals surface area contributed by atoms with E-state index in [1.165, 1.54) is 50.2 Å². The van der Waals surface area contributed by atoms with Crippen LogP contribution in [0, 0.1) is 23.7 Å². The Hall–Kier alpha value is -3.20. The van der Waals surface area contributed by atoms with Gasteiger partial charge in [0, 0.05) is 36.2 Å². The molecule has 4 bridgehead atoms. The third kappa shape index (κ3) is 4.11. The molecular formula is C29H36N6O3. The van der Waals surface area contributed by atoms with Crippen molar-refractivity contribution in [1.82, 2.24) is 30.2 Å². The molecule has 2 aromatic heterocycles. The molecular weight excluding hydrogens is 480 g/mol. The number of esters is 1. The van der Waals surface area contributed by atoms with E-state index in [1.807, 2.05) is 12.3 Å². The number of carbonyl (C=O) groups is 2. The van der Waals surface area contributed by atoms with Crippen LogP contribution in [-0.2, 0) is 16.0 Å². The number of H-pyrrole nitrogens is 1. The molecule has 2 N–H and O–H groups in total. The molecule has 1 aliphatic heterocycles. The van der Waals surface area contributed by atoms with Gasteiger partial charge < -0.3 is 15.0 Å². The summed E-state index contributed by atoms with van der Waals surface area (Å²) >= 11 is 0. The molecule has 1 saturated heterocycles. The summed E-state index contributed by atoms with van der Waals surface area (Å²) in [5, 5.41) is 12.8. The standard InChI is InChI=1S/C29H36N6O3/c1-38-29(37)25-16-35(33-32-25)22-13-26(28(36)30-7-6-19-14-31-24-5-3-2-4-23(19)24)34(15-22)27-20-9-17-8-18(11-20)12-21(27)10-17/h2-5,14,16-18,20-22,26-27,31H,6-13,15H2,1H3,(H,30,36)/t17?,18?,20?,21?,22-,26-,27?/m0/s1. The lowest BCUT2D eigenvalue weighted by molar-refractivity contribution is -0.130. The van der Waals surface area contributed by atoms with E-state index < -0.39 is 5.97 Å². The lowest BCUT2D eigenvalue weighted by Gasteiger charge is -2.57. The number of para-hydroxylation sites is 1. The third-order valence-electron chi connectivity index (χ3n) is 9.83. The lowest BCUT2D eigenvalue weighted by atomic mass is 9.54. The summed E-state index contributed by atoms with van der Waals surface area (Å²) < 4.78 is 6.59. The van der Waals surface area contributed by atoms with Crippen molar-refractivity contribution in [2.45, 2.75) is 63.1 Å². The van der Waals surface area contributed by atoms with Gasteiger partial charge in [0.25, 0.3) is 0 Å². The van der Waals surface area contributed by atoms with Gasteiger partial charge in [0.15, 0.2) is 5.69 Å². The van der Waals surface area contributed by atoms with Gasteiger partial charge in [-0.1, -0.05) is 23.4 Å². The summed E-state index contributed by atoms with van der Waals surface area (Å²) in [7, 11) is 1.35. The second kappa shape index (κ2) is 9.52. The van der Waals surface area contributed by atoms with Gasteiger partial charge in [-0.25, -0.2) is 9.48 Å². The smallest absolute Gasteiger partial charge is 0.360 e. The molecule has 4 saturated carbocycles. The van der Waals surface area contributed by atoms with Gasteiger partial charge >= 0.3 is 5.97 Å². The number of rotatable bonds is 7. The highest BCUT2D eigenvalue weighted by Gasteiger charge is 2.54. The number of hydrogen-bond donors (Lipinski definition) is 2. The van der Waals surface area contributed by atoms with E-state index in [4.69, 9.17) is 4.74 Å². The van der Waals surface area contributed by atoms with Crippen molar-refractivity contribution in [2.24, 2.45) is 23.7 Å². The number of methoxy groups -OCH3 is 1. The first-order valence-electron chi connectivity index (χ1n) is 14.2. The minimum absolute atomic E-state index is 0.00228. The molecule has 5 fully saturated rings. The highest BCUT2D eigenvalue weighted by molar-refractivity contribution is 5.86. The third-order valence-corrected chi connectivity index (χ3v) is 9.83. The molecule has 9 heteroatoms. The van der Waals surface area contributed by atoms with Crippen molar-refractivity contribution in [3.63, 3.8) is 0 Å². The van der Waals surface area contributed by atoms with E-state index in [-0.39, 0.29) is 23.7 Å². The van der Waals surface area contributed by atoms with Gasteiger partial charge in [-0.2, -0.15) is 0 Å². The Balaban J connectivity index is 1.09. The molecule has 9 nitrogen and oxygen atoms in total. The van der Waals surface area contributed by atoms with E-state index in [1.54, 1.807) is 10.9 Å². The first kappa shape index (κ1) is 23.9. The van der Waals surface area contributed by atoms with Crippen LogP contribution in [-0.4, -0.2) is 69.0 Å². The predicted molar refractivity (Wildman–Crippen MR) is 141 cm³/mol. The SMILES string of the molecule is COC(=O)c1cn([C@H]2C[C@@H](C(=O)NCCc3c[nH]c4ccccc34)N(C3C4CC5CC(C4)CC3C5)C2)nn1. The molecule has 0 spiro atoms. The van der Waals surface area contributed by atoms with Crippen LogP contribution in [0.3, 0.4) is 0 Å². The van der Waals surface area contributed by atoms with Crippen LogP contribution < -0.4 is 5.32 Å². The molecule has 1 aromatic carbocycles. The zero-order chi connectivity index (χ0) is 25.8. The number of nitrogens with zero attached hydrogens (tertiary/aromatic N) is 4. The van der Waals surface area contributed by atoms with Gasteiger partial charge in [-0.15, -0.1) is 5.10 Å². The maximum absolute atomic E-state index is 13.7. The summed E-state index contributed by atoms with van der Waals surface area (Å²) in [5.41, 5.74) is 2.56.